The summed E-state index contributed by atoms with van der Waals surface area (Å²) >= 11 is 0. The normalized spacial score (nSPS) is 17.2. The number of carbonyl (C=O) groups is 1. The van der Waals surface area contributed by atoms with Crippen molar-refractivity contribution >= 4 is 11.9 Å². The summed E-state index contributed by atoms with van der Waals surface area (Å²) in [5.41, 5.74) is 1.37. The van der Waals surface area contributed by atoms with Crippen molar-refractivity contribution in [3.8, 4) is 0 Å². The Kier molecular flexibility index (Phi) is 7.76. The van der Waals surface area contributed by atoms with Gasteiger partial charge in [-0.05, 0) is 30.7 Å². The van der Waals surface area contributed by atoms with Crippen LogP contribution < -0.4 is 10.6 Å². The summed E-state index contributed by atoms with van der Waals surface area (Å²) < 4.78 is 0. The Bertz CT molecular complexity index is 550. The Balaban J connectivity index is 1.84. The van der Waals surface area contributed by atoms with E-state index < -0.39 is 0 Å². The van der Waals surface area contributed by atoms with Gasteiger partial charge in [0.15, 0.2) is 5.96 Å². The van der Waals surface area contributed by atoms with Crippen molar-refractivity contribution < 1.29 is 4.79 Å². The molecule has 1 saturated heterocycles. The summed E-state index contributed by atoms with van der Waals surface area (Å²) in [5.74, 6) is 2.10. The summed E-state index contributed by atoms with van der Waals surface area (Å²) in [6.45, 7) is 5.05. The van der Waals surface area contributed by atoms with Gasteiger partial charge >= 0.3 is 0 Å². The molecule has 0 radical (unpaired) electrons. The molecule has 1 atom stereocenters. The fraction of sp³-hybridized carbons (Fsp3) is 0.600. The van der Waals surface area contributed by atoms with Crippen molar-refractivity contribution in [2.45, 2.75) is 38.5 Å². The predicted octanol–water partition coefficient (Wildman–Crippen LogP) is 2.60. The number of nitrogens with zero attached hydrogens (tertiary/aromatic N) is 2. The number of carbonyl (C=O) groups excluding carboxylic acids is 1. The van der Waals surface area contributed by atoms with E-state index in [0.717, 1.165) is 44.9 Å². The van der Waals surface area contributed by atoms with Crippen molar-refractivity contribution in [1.29, 1.82) is 0 Å². The Morgan fingerprint density at radius 1 is 1.28 bits per heavy atom. The standard InChI is InChI=1S/C20H32N4O/c1-4-17(18-8-6-5-7-9-18)15-23-20(22-3)24-12-10-16(11-13-24)14-19(25)21-2/h5-9,16-17H,4,10-15H2,1-3H3,(H,21,25)(H,22,23). The van der Waals surface area contributed by atoms with Crippen molar-refractivity contribution in [2.24, 2.45) is 10.9 Å². The molecule has 1 amide bonds. The lowest BCUT2D eigenvalue weighted by Gasteiger charge is -2.34. The number of hydrogen-bond donors (Lipinski definition) is 2. The lowest BCUT2D eigenvalue weighted by atomic mass is 9.93. The van der Waals surface area contributed by atoms with Gasteiger partial charge < -0.3 is 15.5 Å². The van der Waals surface area contributed by atoms with Gasteiger partial charge in [-0.1, -0.05) is 37.3 Å². The van der Waals surface area contributed by atoms with Crippen LogP contribution in [0.3, 0.4) is 0 Å². The van der Waals surface area contributed by atoms with E-state index in [1.54, 1.807) is 7.05 Å². The first-order valence-electron chi connectivity index (χ1n) is 9.39. The van der Waals surface area contributed by atoms with E-state index in [-0.39, 0.29) is 5.91 Å². The molecule has 2 N–H and O–H groups in total. The van der Waals surface area contributed by atoms with Gasteiger partial charge in [-0.3, -0.25) is 9.79 Å². The van der Waals surface area contributed by atoms with Crippen LogP contribution in [0.5, 0.6) is 0 Å². The number of piperidine rings is 1. The van der Waals surface area contributed by atoms with Crippen LogP contribution in [0, 0.1) is 5.92 Å². The summed E-state index contributed by atoms with van der Waals surface area (Å²) in [4.78, 5) is 18.3. The van der Waals surface area contributed by atoms with Crippen molar-refractivity contribution in [3.05, 3.63) is 35.9 Å². The lowest BCUT2D eigenvalue weighted by Crippen LogP contribution is -2.46. The monoisotopic (exact) mass is 344 g/mol. The molecule has 1 aromatic rings. The SMILES string of the molecule is CCC(CNC(=NC)N1CCC(CC(=O)NC)CC1)c1ccccc1. The number of likely N-dealkylation sites (tertiary alicyclic amines) is 1. The van der Waals surface area contributed by atoms with Gasteiger partial charge in [0, 0.05) is 46.1 Å². The smallest absolute Gasteiger partial charge is 0.220 e. The molecule has 1 aliphatic rings. The van der Waals surface area contributed by atoms with Crippen molar-refractivity contribution in [1.82, 2.24) is 15.5 Å². The van der Waals surface area contributed by atoms with E-state index in [1.807, 2.05) is 7.05 Å². The summed E-state index contributed by atoms with van der Waals surface area (Å²) in [6, 6.07) is 10.7. The van der Waals surface area contributed by atoms with E-state index in [0.29, 0.717) is 18.3 Å². The van der Waals surface area contributed by atoms with Gasteiger partial charge in [0.25, 0.3) is 0 Å². The van der Waals surface area contributed by atoms with Crippen LogP contribution in [0.25, 0.3) is 0 Å². The van der Waals surface area contributed by atoms with E-state index >= 15 is 0 Å². The number of hydrogen-bond acceptors (Lipinski definition) is 2. The van der Waals surface area contributed by atoms with Crippen LogP contribution in [-0.4, -0.2) is 50.5 Å². The molecular weight excluding hydrogens is 312 g/mol. The third-order valence-electron chi connectivity index (χ3n) is 5.15. The zero-order valence-electron chi connectivity index (χ0n) is 15.8. The molecule has 0 aliphatic carbocycles. The minimum Gasteiger partial charge on any atom is -0.359 e. The molecular formula is C20H32N4O. The number of amides is 1. The Labute approximate surface area is 151 Å². The highest BCUT2D eigenvalue weighted by Crippen LogP contribution is 2.21. The maximum Gasteiger partial charge on any atom is 0.220 e. The highest BCUT2D eigenvalue weighted by molar-refractivity contribution is 5.80. The minimum atomic E-state index is 0.148. The molecule has 5 nitrogen and oxygen atoms in total. The molecule has 5 heteroatoms. The molecule has 0 saturated carbocycles. The van der Waals surface area contributed by atoms with Crippen LogP contribution in [-0.2, 0) is 4.79 Å². The first kappa shape index (κ1) is 19.3. The number of benzene rings is 1. The third kappa shape index (κ3) is 5.76. The molecule has 0 aromatic heterocycles. The summed E-state index contributed by atoms with van der Waals surface area (Å²) in [6.07, 6.45) is 3.83. The zero-order valence-corrected chi connectivity index (χ0v) is 15.8. The third-order valence-corrected chi connectivity index (χ3v) is 5.15. The van der Waals surface area contributed by atoms with Gasteiger partial charge in [-0.15, -0.1) is 0 Å². The number of aliphatic imine (C=N–C) groups is 1. The van der Waals surface area contributed by atoms with Crippen LogP contribution in [0.2, 0.25) is 0 Å². The molecule has 138 valence electrons. The Hall–Kier alpha value is -2.04. The van der Waals surface area contributed by atoms with Crippen LogP contribution in [0.4, 0.5) is 0 Å². The van der Waals surface area contributed by atoms with E-state index in [4.69, 9.17) is 0 Å². The molecule has 1 aromatic carbocycles. The second kappa shape index (κ2) is 10.1. The molecule has 2 rings (SSSR count). The van der Waals surface area contributed by atoms with E-state index in [1.165, 1.54) is 5.56 Å². The van der Waals surface area contributed by atoms with Crippen LogP contribution in [0.1, 0.15) is 44.1 Å². The fourth-order valence-corrected chi connectivity index (χ4v) is 3.48. The highest BCUT2D eigenvalue weighted by Gasteiger charge is 2.23. The first-order chi connectivity index (χ1) is 12.2. The minimum absolute atomic E-state index is 0.148. The second-order valence-corrected chi connectivity index (χ2v) is 6.75. The van der Waals surface area contributed by atoms with Gasteiger partial charge in [0.1, 0.15) is 0 Å². The topological polar surface area (TPSA) is 56.7 Å². The fourth-order valence-electron chi connectivity index (χ4n) is 3.48. The Morgan fingerprint density at radius 2 is 1.96 bits per heavy atom. The van der Waals surface area contributed by atoms with Gasteiger partial charge in [0.2, 0.25) is 5.91 Å². The summed E-state index contributed by atoms with van der Waals surface area (Å²) in [5, 5.41) is 6.28. The number of nitrogens with one attached hydrogen (secondary N) is 2. The average molecular weight is 345 g/mol. The Morgan fingerprint density at radius 3 is 2.52 bits per heavy atom. The van der Waals surface area contributed by atoms with Crippen LogP contribution in [0.15, 0.2) is 35.3 Å². The molecule has 1 unspecified atom stereocenters. The molecule has 1 aliphatic heterocycles. The molecule has 1 fully saturated rings. The number of guanidine groups is 1. The van der Waals surface area contributed by atoms with E-state index in [2.05, 4.69) is 57.8 Å². The molecule has 0 bridgehead atoms. The van der Waals surface area contributed by atoms with Gasteiger partial charge in [-0.2, -0.15) is 0 Å². The molecule has 1 heterocycles. The maximum atomic E-state index is 11.5. The van der Waals surface area contributed by atoms with Gasteiger partial charge in [0.05, 0.1) is 0 Å². The maximum absolute atomic E-state index is 11.5. The predicted molar refractivity (Wildman–Crippen MR) is 104 cm³/mol. The summed E-state index contributed by atoms with van der Waals surface area (Å²) in [7, 11) is 3.56. The molecule has 25 heavy (non-hydrogen) atoms. The highest BCUT2D eigenvalue weighted by atomic mass is 16.1. The first-order valence-corrected chi connectivity index (χ1v) is 9.39. The average Bonchev–Trinajstić information content (AvgIpc) is 2.67. The van der Waals surface area contributed by atoms with Crippen molar-refractivity contribution in [3.63, 3.8) is 0 Å². The second-order valence-electron chi connectivity index (χ2n) is 6.75. The van der Waals surface area contributed by atoms with Crippen molar-refractivity contribution in [2.75, 3.05) is 33.7 Å². The largest absolute Gasteiger partial charge is 0.359 e. The lowest BCUT2D eigenvalue weighted by molar-refractivity contribution is -0.121. The number of rotatable bonds is 6. The quantitative estimate of drug-likeness (QED) is 0.616. The zero-order chi connectivity index (χ0) is 18.1. The van der Waals surface area contributed by atoms with E-state index in [9.17, 15) is 4.79 Å². The van der Waals surface area contributed by atoms with Gasteiger partial charge in [-0.25, -0.2) is 0 Å². The van der Waals surface area contributed by atoms with Crippen LogP contribution >= 0.6 is 0 Å². The molecule has 0 spiro atoms.